The van der Waals surface area contributed by atoms with Crippen molar-refractivity contribution in [3.05, 3.63) is 76.4 Å². The number of amides is 1. The summed E-state index contributed by atoms with van der Waals surface area (Å²) in [6, 6.07) is 13.0. The molecule has 0 saturated carbocycles. The van der Waals surface area contributed by atoms with E-state index in [1.807, 2.05) is 49.4 Å². The lowest BCUT2D eigenvalue weighted by molar-refractivity contribution is -0.121. The van der Waals surface area contributed by atoms with E-state index >= 15 is 0 Å². The zero-order chi connectivity index (χ0) is 24.6. The number of para-hydroxylation sites is 1. The molecule has 11 heteroatoms. The van der Waals surface area contributed by atoms with E-state index in [1.54, 1.807) is 4.57 Å². The van der Waals surface area contributed by atoms with Crippen LogP contribution in [0, 0.1) is 0 Å². The number of aryl methyl sites for hydroxylation is 1. The minimum Gasteiger partial charge on any atom is -0.454 e. The molecule has 4 heterocycles. The highest BCUT2D eigenvalue weighted by Crippen LogP contribution is 2.32. The molecule has 5 aromatic rings. The smallest absolute Gasteiger partial charge is 0.278 e. The summed E-state index contributed by atoms with van der Waals surface area (Å²) in [7, 11) is 0. The fourth-order valence-corrected chi connectivity index (χ4v) is 4.32. The van der Waals surface area contributed by atoms with Crippen LogP contribution in [0.5, 0.6) is 11.5 Å². The molecule has 0 spiro atoms. The predicted molar refractivity (Wildman–Crippen MR) is 129 cm³/mol. The first-order valence-corrected chi connectivity index (χ1v) is 11.5. The van der Waals surface area contributed by atoms with Crippen molar-refractivity contribution < 1.29 is 18.8 Å². The van der Waals surface area contributed by atoms with Crippen molar-refractivity contribution in [3.8, 4) is 11.5 Å². The number of nitrogens with zero attached hydrogens (tertiary/aromatic N) is 5. The van der Waals surface area contributed by atoms with Gasteiger partial charge in [0.1, 0.15) is 24.1 Å². The van der Waals surface area contributed by atoms with Crippen molar-refractivity contribution in [1.29, 1.82) is 0 Å². The van der Waals surface area contributed by atoms with Gasteiger partial charge in [0.05, 0.1) is 11.8 Å². The van der Waals surface area contributed by atoms with Gasteiger partial charge in [-0.05, 0) is 23.8 Å². The summed E-state index contributed by atoms with van der Waals surface area (Å²) in [6.45, 7) is 2.47. The van der Waals surface area contributed by atoms with Crippen LogP contribution in [0.25, 0.3) is 21.9 Å². The summed E-state index contributed by atoms with van der Waals surface area (Å²) in [6.07, 6.45) is 2.10. The number of benzene rings is 2. The highest BCUT2D eigenvalue weighted by Gasteiger charge is 2.19. The number of aromatic nitrogens is 5. The molecule has 3 aromatic heterocycles. The Morgan fingerprint density at radius 1 is 1.14 bits per heavy atom. The molecule has 0 radical (unpaired) electrons. The molecular weight excluding hydrogens is 464 g/mol. The van der Waals surface area contributed by atoms with Gasteiger partial charge in [0.25, 0.3) is 5.56 Å². The van der Waals surface area contributed by atoms with E-state index in [4.69, 9.17) is 14.0 Å². The Morgan fingerprint density at radius 2 is 2.00 bits per heavy atom. The Hall–Kier alpha value is -4.67. The molecule has 0 unspecified atom stereocenters. The maximum absolute atomic E-state index is 13.5. The molecule has 0 saturated heterocycles. The summed E-state index contributed by atoms with van der Waals surface area (Å²) in [5.74, 6) is 1.99. The molecule has 182 valence electrons. The van der Waals surface area contributed by atoms with Crippen LogP contribution in [-0.4, -0.2) is 37.0 Å². The molecule has 1 aliphatic rings. The van der Waals surface area contributed by atoms with Gasteiger partial charge in [0, 0.05) is 18.4 Å². The molecular formula is C25H22N6O5. The van der Waals surface area contributed by atoms with Gasteiger partial charge in [-0.15, -0.1) is 0 Å². The average Bonchev–Trinajstić information content (AvgIpc) is 3.62. The van der Waals surface area contributed by atoms with E-state index in [1.165, 1.54) is 10.9 Å². The van der Waals surface area contributed by atoms with Crippen LogP contribution in [-0.2, 0) is 30.8 Å². The van der Waals surface area contributed by atoms with Crippen LogP contribution in [0.1, 0.15) is 24.2 Å². The van der Waals surface area contributed by atoms with E-state index in [2.05, 4.69) is 20.4 Å². The van der Waals surface area contributed by atoms with Gasteiger partial charge in [0.15, 0.2) is 17.3 Å². The monoisotopic (exact) mass is 486 g/mol. The van der Waals surface area contributed by atoms with Crippen LogP contribution >= 0.6 is 0 Å². The molecule has 1 N–H and O–H groups in total. The predicted octanol–water partition coefficient (Wildman–Crippen LogP) is 2.39. The van der Waals surface area contributed by atoms with E-state index in [-0.39, 0.29) is 31.3 Å². The van der Waals surface area contributed by atoms with Gasteiger partial charge in [-0.2, -0.15) is 4.98 Å². The third kappa shape index (κ3) is 3.84. The molecule has 11 nitrogen and oxygen atoms in total. The summed E-state index contributed by atoms with van der Waals surface area (Å²) in [4.78, 5) is 35.3. The summed E-state index contributed by atoms with van der Waals surface area (Å²) < 4.78 is 19.1. The molecule has 0 bridgehead atoms. The minimum atomic E-state index is -0.295. The second-order valence-electron chi connectivity index (χ2n) is 8.40. The van der Waals surface area contributed by atoms with Gasteiger partial charge in [-0.25, -0.2) is 4.98 Å². The van der Waals surface area contributed by atoms with Crippen molar-refractivity contribution in [2.75, 3.05) is 6.79 Å². The van der Waals surface area contributed by atoms with E-state index in [0.717, 1.165) is 16.5 Å². The Bertz CT molecular complexity index is 1670. The average molecular weight is 486 g/mol. The maximum Gasteiger partial charge on any atom is 0.278 e. The first-order valence-electron chi connectivity index (χ1n) is 11.5. The van der Waals surface area contributed by atoms with Crippen LogP contribution in [0.3, 0.4) is 0 Å². The Labute approximate surface area is 204 Å². The largest absolute Gasteiger partial charge is 0.454 e. The molecule has 1 aliphatic heterocycles. The number of ether oxygens (including phenoxy) is 2. The fourth-order valence-electron chi connectivity index (χ4n) is 4.32. The number of rotatable bonds is 7. The van der Waals surface area contributed by atoms with Gasteiger partial charge in [-0.1, -0.05) is 36.3 Å². The van der Waals surface area contributed by atoms with Gasteiger partial charge >= 0.3 is 0 Å². The first-order chi connectivity index (χ1) is 17.6. The Balaban J connectivity index is 1.31. The maximum atomic E-state index is 13.5. The fraction of sp³-hybridized carbons (Fsp3) is 0.240. The zero-order valence-corrected chi connectivity index (χ0v) is 19.4. The summed E-state index contributed by atoms with van der Waals surface area (Å²) in [5, 5.41) is 7.60. The highest BCUT2D eigenvalue weighted by molar-refractivity contribution is 6.06. The molecule has 2 aromatic carbocycles. The number of hydrogen-bond donors (Lipinski definition) is 1. The van der Waals surface area contributed by atoms with E-state index in [0.29, 0.717) is 47.2 Å². The second-order valence-corrected chi connectivity index (χ2v) is 8.40. The molecule has 36 heavy (non-hydrogen) atoms. The van der Waals surface area contributed by atoms with Gasteiger partial charge < -0.3 is 23.9 Å². The summed E-state index contributed by atoms with van der Waals surface area (Å²) in [5.41, 5.74) is 2.21. The lowest BCUT2D eigenvalue weighted by atomic mass is 10.2. The normalized spacial score (nSPS) is 12.5. The Kier molecular flexibility index (Phi) is 5.36. The van der Waals surface area contributed by atoms with Crippen LogP contribution in [0.15, 0.2) is 58.1 Å². The lowest BCUT2D eigenvalue weighted by Gasteiger charge is -2.10. The van der Waals surface area contributed by atoms with Crippen molar-refractivity contribution in [2.45, 2.75) is 33.0 Å². The number of carbonyl (C=O) groups is 1. The SMILES string of the molecule is CCc1noc(Cn2cnc3c4ccccc4n(CC(=O)NCc4ccc5c(c4)OCO5)c3c2=O)n1. The zero-order valence-electron chi connectivity index (χ0n) is 19.4. The molecule has 0 aliphatic carbocycles. The highest BCUT2D eigenvalue weighted by atomic mass is 16.7. The quantitative estimate of drug-likeness (QED) is 0.372. The van der Waals surface area contributed by atoms with Gasteiger partial charge in [0.2, 0.25) is 18.6 Å². The second kappa shape index (κ2) is 8.84. The summed E-state index contributed by atoms with van der Waals surface area (Å²) >= 11 is 0. The Morgan fingerprint density at radius 3 is 2.86 bits per heavy atom. The van der Waals surface area contributed by atoms with E-state index < -0.39 is 0 Å². The van der Waals surface area contributed by atoms with E-state index in [9.17, 15) is 9.59 Å². The number of fused-ring (bicyclic) bond motifs is 4. The topological polar surface area (TPSA) is 126 Å². The van der Waals surface area contributed by atoms with Crippen LogP contribution < -0.4 is 20.3 Å². The standard InChI is InChI=1S/C25H22N6O5/c1-2-20-28-22(36-29-20)12-30-13-27-23-16-5-3-4-6-17(16)31(24(23)25(30)33)11-21(32)26-10-15-7-8-18-19(9-15)35-14-34-18/h3-9,13H,2,10-12,14H2,1H3,(H,26,32). The van der Waals surface area contributed by atoms with Crippen molar-refractivity contribution in [2.24, 2.45) is 0 Å². The third-order valence-corrected chi connectivity index (χ3v) is 6.09. The first kappa shape index (κ1) is 21.8. The van der Waals surface area contributed by atoms with Crippen molar-refractivity contribution in [1.82, 2.24) is 29.6 Å². The number of hydrogen-bond acceptors (Lipinski definition) is 8. The number of carbonyl (C=O) groups excluding carboxylic acids is 1. The van der Waals surface area contributed by atoms with Gasteiger partial charge in [-0.3, -0.25) is 14.2 Å². The van der Waals surface area contributed by atoms with Crippen molar-refractivity contribution >= 4 is 27.8 Å². The molecule has 1 amide bonds. The lowest BCUT2D eigenvalue weighted by Crippen LogP contribution is -2.29. The third-order valence-electron chi connectivity index (χ3n) is 6.09. The molecule has 0 atom stereocenters. The molecule has 6 rings (SSSR count). The minimum absolute atomic E-state index is 0.0456. The van der Waals surface area contributed by atoms with Crippen molar-refractivity contribution in [3.63, 3.8) is 0 Å². The van der Waals surface area contributed by atoms with Crippen LogP contribution in [0.2, 0.25) is 0 Å². The van der Waals surface area contributed by atoms with Crippen LogP contribution in [0.4, 0.5) is 0 Å². The molecule has 0 fully saturated rings. The number of nitrogens with one attached hydrogen (secondary N) is 1.